The Bertz CT molecular complexity index is 970. The second kappa shape index (κ2) is 7.70. The zero-order valence-electron chi connectivity index (χ0n) is 14.6. The third kappa shape index (κ3) is 4.31. The van der Waals surface area contributed by atoms with Crippen molar-refractivity contribution < 1.29 is 9.32 Å². The summed E-state index contributed by atoms with van der Waals surface area (Å²) < 4.78 is 5.29. The number of carbonyl (C=O) groups excluding carboxylic acids is 1. The van der Waals surface area contributed by atoms with Gasteiger partial charge in [-0.2, -0.15) is 4.98 Å². The molecule has 138 valence electrons. The number of hydrogen-bond donors (Lipinski definition) is 1. The largest absolute Gasteiger partial charge is 0.334 e. The van der Waals surface area contributed by atoms with Crippen LogP contribution in [0.5, 0.6) is 0 Å². The van der Waals surface area contributed by atoms with Crippen molar-refractivity contribution in [2.75, 3.05) is 11.1 Å². The number of benzene rings is 1. The first-order chi connectivity index (χ1) is 13.1. The summed E-state index contributed by atoms with van der Waals surface area (Å²) in [6.07, 6.45) is 3.94. The highest BCUT2D eigenvalue weighted by Crippen LogP contribution is 2.38. The average molecular weight is 401 g/mol. The molecule has 0 saturated heterocycles. The van der Waals surface area contributed by atoms with Crippen molar-refractivity contribution in [1.82, 2.24) is 15.1 Å². The molecule has 8 heteroatoms. The summed E-state index contributed by atoms with van der Waals surface area (Å²) in [5.74, 6) is 1.85. The summed E-state index contributed by atoms with van der Waals surface area (Å²) in [7, 11) is 0. The molecule has 2 aromatic heterocycles. The topological polar surface area (TPSA) is 80.9 Å². The molecule has 6 nitrogen and oxygen atoms in total. The molecule has 3 aromatic rings. The summed E-state index contributed by atoms with van der Waals surface area (Å²) in [5.41, 5.74) is 2.35. The Morgan fingerprint density at radius 2 is 2.19 bits per heavy atom. The van der Waals surface area contributed by atoms with Crippen LogP contribution in [0.4, 0.5) is 5.69 Å². The molecule has 1 saturated carbocycles. The first kappa shape index (κ1) is 18.0. The predicted octanol–water partition coefficient (Wildman–Crippen LogP) is 4.70. The third-order valence-corrected chi connectivity index (χ3v) is 5.61. The molecule has 2 heterocycles. The van der Waals surface area contributed by atoms with Crippen LogP contribution < -0.4 is 5.32 Å². The molecule has 1 N–H and O–H groups in total. The number of halogens is 1. The molecule has 0 spiro atoms. The van der Waals surface area contributed by atoms with Crippen LogP contribution in [0.25, 0.3) is 11.5 Å². The lowest BCUT2D eigenvalue weighted by molar-refractivity contribution is -0.113. The zero-order valence-corrected chi connectivity index (χ0v) is 16.2. The Morgan fingerprint density at radius 1 is 1.33 bits per heavy atom. The zero-order chi connectivity index (χ0) is 18.8. The van der Waals surface area contributed by atoms with Crippen LogP contribution in [-0.2, 0) is 4.79 Å². The van der Waals surface area contributed by atoms with Gasteiger partial charge in [0.2, 0.25) is 5.91 Å². The number of aromatic nitrogens is 3. The SMILES string of the molecule is Cc1c(Cl)cccc1NC(=O)CSc1ccc(-c2nc(C3CC3)no2)cn1. The van der Waals surface area contributed by atoms with Gasteiger partial charge in [-0.05, 0) is 49.6 Å². The lowest BCUT2D eigenvalue weighted by Crippen LogP contribution is -2.15. The van der Waals surface area contributed by atoms with E-state index >= 15 is 0 Å². The van der Waals surface area contributed by atoms with Crippen LogP contribution in [0.2, 0.25) is 5.02 Å². The second-order valence-electron chi connectivity index (χ2n) is 6.37. The van der Waals surface area contributed by atoms with E-state index < -0.39 is 0 Å². The molecule has 27 heavy (non-hydrogen) atoms. The molecule has 1 amide bonds. The molecule has 0 aliphatic heterocycles. The van der Waals surface area contributed by atoms with Crippen LogP contribution in [-0.4, -0.2) is 26.8 Å². The van der Waals surface area contributed by atoms with E-state index in [0.29, 0.717) is 16.8 Å². The first-order valence-electron chi connectivity index (χ1n) is 8.58. The fourth-order valence-corrected chi connectivity index (χ4v) is 3.34. The predicted molar refractivity (Wildman–Crippen MR) is 105 cm³/mol. The minimum Gasteiger partial charge on any atom is -0.334 e. The summed E-state index contributed by atoms with van der Waals surface area (Å²) in [4.78, 5) is 21.0. The van der Waals surface area contributed by atoms with Crippen molar-refractivity contribution in [3.05, 3.63) is 52.9 Å². The molecule has 1 aliphatic rings. The maximum Gasteiger partial charge on any atom is 0.259 e. The summed E-state index contributed by atoms with van der Waals surface area (Å²) >= 11 is 7.43. The van der Waals surface area contributed by atoms with Crippen molar-refractivity contribution in [2.45, 2.75) is 30.7 Å². The van der Waals surface area contributed by atoms with Crippen molar-refractivity contribution in [2.24, 2.45) is 0 Å². The minimum atomic E-state index is -0.109. The highest BCUT2D eigenvalue weighted by molar-refractivity contribution is 7.99. The number of amides is 1. The highest BCUT2D eigenvalue weighted by Gasteiger charge is 2.29. The Kier molecular flexibility index (Phi) is 5.13. The van der Waals surface area contributed by atoms with Gasteiger partial charge in [0.1, 0.15) is 0 Å². The van der Waals surface area contributed by atoms with Gasteiger partial charge in [0.05, 0.1) is 16.3 Å². The number of carbonyl (C=O) groups is 1. The van der Waals surface area contributed by atoms with Crippen LogP contribution in [0, 0.1) is 6.92 Å². The van der Waals surface area contributed by atoms with Crippen LogP contribution in [0.3, 0.4) is 0 Å². The average Bonchev–Trinajstić information content (AvgIpc) is 3.41. The summed E-state index contributed by atoms with van der Waals surface area (Å²) in [6.45, 7) is 1.87. The van der Waals surface area contributed by atoms with Gasteiger partial charge in [0.25, 0.3) is 5.89 Å². The number of nitrogens with zero attached hydrogens (tertiary/aromatic N) is 3. The normalized spacial score (nSPS) is 13.6. The number of nitrogens with one attached hydrogen (secondary N) is 1. The van der Waals surface area contributed by atoms with E-state index in [2.05, 4.69) is 20.4 Å². The number of hydrogen-bond acceptors (Lipinski definition) is 6. The number of rotatable bonds is 6. The summed E-state index contributed by atoms with van der Waals surface area (Å²) in [6, 6.07) is 9.16. The maximum atomic E-state index is 12.2. The molecule has 1 fully saturated rings. The minimum absolute atomic E-state index is 0.109. The van der Waals surface area contributed by atoms with Gasteiger partial charge in [-0.3, -0.25) is 4.79 Å². The third-order valence-electron chi connectivity index (χ3n) is 4.26. The van der Waals surface area contributed by atoms with Gasteiger partial charge >= 0.3 is 0 Å². The van der Waals surface area contributed by atoms with Gasteiger partial charge in [0.15, 0.2) is 5.82 Å². The monoisotopic (exact) mass is 400 g/mol. The lowest BCUT2D eigenvalue weighted by atomic mass is 10.2. The number of pyridine rings is 1. The Balaban J connectivity index is 1.34. The van der Waals surface area contributed by atoms with Gasteiger partial charge in [-0.1, -0.05) is 34.6 Å². The molecule has 0 atom stereocenters. The van der Waals surface area contributed by atoms with E-state index in [9.17, 15) is 4.79 Å². The van der Waals surface area contributed by atoms with Gasteiger partial charge in [-0.25, -0.2) is 4.98 Å². The smallest absolute Gasteiger partial charge is 0.259 e. The van der Waals surface area contributed by atoms with Crippen LogP contribution in [0.1, 0.15) is 30.1 Å². The van der Waals surface area contributed by atoms with Gasteiger partial charge in [-0.15, -0.1) is 0 Å². The number of anilines is 1. The number of thioether (sulfide) groups is 1. The standard InChI is InChI=1S/C19H17ClN4O2S/c1-11-14(20)3-2-4-15(11)22-16(25)10-27-17-8-7-13(9-21-17)19-23-18(24-26-19)12-5-6-12/h2-4,7-9,12H,5-6,10H2,1H3,(H,22,25). The van der Waals surface area contributed by atoms with Crippen molar-refractivity contribution in [3.8, 4) is 11.5 Å². The summed E-state index contributed by atoms with van der Waals surface area (Å²) in [5, 5.41) is 8.26. The molecule has 0 radical (unpaired) electrons. The maximum absolute atomic E-state index is 12.2. The van der Waals surface area contributed by atoms with E-state index in [1.54, 1.807) is 12.3 Å². The Labute approximate surface area is 165 Å². The fraction of sp³-hybridized carbons (Fsp3) is 0.263. The van der Waals surface area contributed by atoms with E-state index in [-0.39, 0.29) is 11.7 Å². The first-order valence-corrected chi connectivity index (χ1v) is 9.94. The molecular weight excluding hydrogens is 384 g/mol. The van der Waals surface area contributed by atoms with Crippen molar-refractivity contribution in [1.29, 1.82) is 0 Å². The van der Waals surface area contributed by atoms with Gasteiger partial charge in [0, 0.05) is 22.8 Å². The molecule has 1 aromatic carbocycles. The van der Waals surface area contributed by atoms with Crippen LogP contribution >= 0.6 is 23.4 Å². The van der Waals surface area contributed by atoms with Crippen LogP contribution in [0.15, 0.2) is 46.1 Å². The Morgan fingerprint density at radius 3 is 2.93 bits per heavy atom. The second-order valence-corrected chi connectivity index (χ2v) is 7.77. The Hall–Kier alpha value is -2.38. The molecule has 0 bridgehead atoms. The van der Waals surface area contributed by atoms with Crippen molar-refractivity contribution in [3.63, 3.8) is 0 Å². The fourth-order valence-electron chi connectivity index (χ4n) is 2.52. The lowest BCUT2D eigenvalue weighted by Gasteiger charge is -2.09. The van der Waals surface area contributed by atoms with E-state index in [0.717, 1.165) is 40.5 Å². The van der Waals surface area contributed by atoms with Crippen molar-refractivity contribution >= 4 is 35.0 Å². The highest BCUT2D eigenvalue weighted by atomic mass is 35.5. The molecular formula is C19H17ClN4O2S. The molecule has 0 unspecified atom stereocenters. The van der Waals surface area contributed by atoms with E-state index in [4.69, 9.17) is 16.1 Å². The van der Waals surface area contributed by atoms with E-state index in [1.807, 2.05) is 31.2 Å². The molecule has 4 rings (SSSR count). The quantitative estimate of drug-likeness (QED) is 0.604. The van der Waals surface area contributed by atoms with Gasteiger partial charge < -0.3 is 9.84 Å². The molecule has 1 aliphatic carbocycles. The van der Waals surface area contributed by atoms with E-state index in [1.165, 1.54) is 11.8 Å².